The van der Waals surface area contributed by atoms with Crippen LogP contribution in [0.5, 0.6) is 5.75 Å². The summed E-state index contributed by atoms with van der Waals surface area (Å²) in [4.78, 5) is 13.0. The molecule has 0 atom stereocenters. The lowest BCUT2D eigenvalue weighted by molar-refractivity contribution is -0.136. The standard InChI is InChI=1S/C22H23NO3S/c1-16-21(18-5-3-2-4-6-18)13-20(27-16)15-26-19-9-7-17(8-10-19)14-23-12-11-22(24)25/h2-10,13,23H,11-12,14-15H2,1H3,(H,24,25). The van der Waals surface area contributed by atoms with Gasteiger partial charge in [-0.05, 0) is 41.8 Å². The van der Waals surface area contributed by atoms with Crippen molar-refractivity contribution >= 4 is 17.3 Å². The number of aryl methyl sites for hydroxylation is 1. The lowest BCUT2D eigenvalue weighted by atomic mass is 10.1. The van der Waals surface area contributed by atoms with E-state index in [1.54, 1.807) is 11.3 Å². The highest BCUT2D eigenvalue weighted by molar-refractivity contribution is 7.12. The second-order valence-corrected chi connectivity index (χ2v) is 7.64. The van der Waals surface area contributed by atoms with Gasteiger partial charge in [-0.1, -0.05) is 42.5 Å². The maximum atomic E-state index is 10.5. The second kappa shape index (κ2) is 9.35. The topological polar surface area (TPSA) is 58.6 Å². The van der Waals surface area contributed by atoms with Crippen molar-refractivity contribution in [3.63, 3.8) is 0 Å². The fourth-order valence-corrected chi connectivity index (χ4v) is 3.78. The zero-order valence-corrected chi connectivity index (χ0v) is 16.1. The Morgan fingerprint density at radius 2 is 1.85 bits per heavy atom. The Kier molecular flexibility index (Phi) is 6.63. The molecule has 2 N–H and O–H groups in total. The lowest BCUT2D eigenvalue weighted by Gasteiger charge is -2.07. The molecule has 0 aliphatic carbocycles. The van der Waals surface area contributed by atoms with E-state index in [0.29, 0.717) is 19.7 Å². The summed E-state index contributed by atoms with van der Waals surface area (Å²) in [6.45, 7) is 3.81. The van der Waals surface area contributed by atoms with Gasteiger partial charge in [-0.15, -0.1) is 11.3 Å². The zero-order valence-electron chi connectivity index (χ0n) is 15.3. The smallest absolute Gasteiger partial charge is 0.304 e. The summed E-state index contributed by atoms with van der Waals surface area (Å²) in [7, 11) is 0. The van der Waals surface area contributed by atoms with Gasteiger partial charge in [-0.3, -0.25) is 4.79 Å². The summed E-state index contributed by atoms with van der Waals surface area (Å²) in [6.07, 6.45) is 0.131. The molecule has 3 rings (SSSR count). The maximum absolute atomic E-state index is 10.5. The molecule has 0 saturated heterocycles. The first kappa shape index (κ1) is 19.1. The predicted molar refractivity (Wildman–Crippen MR) is 109 cm³/mol. The average molecular weight is 381 g/mol. The van der Waals surface area contributed by atoms with E-state index in [0.717, 1.165) is 11.3 Å². The van der Waals surface area contributed by atoms with Crippen molar-refractivity contribution < 1.29 is 14.6 Å². The number of carboxylic acid groups (broad SMARTS) is 1. The first-order chi connectivity index (χ1) is 13.1. The Balaban J connectivity index is 1.52. The summed E-state index contributed by atoms with van der Waals surface area (Å²) in [6, 6.07) is 20.5. The minimum Gasteiger partial charge on any atom is -0.488 e. The number of hydrogen-bond acceptors (Lipinski definition) is 4. The predicted octanol–water partition coefficient (Wildman–Crippen LogP) is 4.87. The summed E-state index contributed by atoms with van der Waals surface area (Å²) >= 11 is 1.76. The van der Waals surface area contributed by atoms with E-state index in [-0.39, 0.29) is 6.42 Å². The van der Waals surface area contributed by atoms with E-state index >= 15 is 0 Å². The molecule has 0 spiro atoms. The van der Waals surface area contributed by atoms with Gasteiger partial charge in [0.2, 0.25) is 0 Å². The molecule has 0 saturated carbocycles. The third kappa shape index (κ3) is 5.67. The third-order valence-electron chi connectivity index (χ3n) is 4.20. The number of rotatable bonds is 9. The van der Waals surface area contributed by atoms with Gasteiger partial charge in [-0.2, -0.15) is 0 Å². The van der Waals surface area contributed by atoms with Crippen LogP contribution < -0.4 is 10.1 Å². The summed E-state index contributed by atoms with van der Waals surface area (Å²) in [5.41, 5.74) is 3.60. The number of thiophene rings is 1. The van der Waals surface area contributed by atoms with Gasteiger partial charge < -0.3 is 15.2 Å². The van der Waals surface area contributed by atoms with E-state index in [4.69, 9.17) is 9.84 Å². The van der Waals surface area contributed by atoms with Crippen LogP contribution in [-0.2, 0) is 17.9 Å². The minimum absolute atomic E-state index is 0.131. The Hall–Kier alpha value is -2.63. The van der Waals surface area contributed by atoms with Crippen molar-refractivity contribution in [3.05, 3.63) is 76.0 Å². The van der Waals surface area contributed by atoms with Crippen LogP contribution in [-0.4, -0.2) is 17.6 Å². The van der Waals surface area contributed by atoms with Crippen molar-refractivity contribution in [3.8, 4) is 16.9 Å². The number of carbonyl (C=O) groups is 1. The van der Waals surface area contributed by atoms with Gasteiger partial charge in [0.1, 0.15) is 12.4 Å². The van der Waals surface area contributed by atoms with Crippen molar-refractivity contribution in [1.29, 1.82) is 0 Å². The first-order valence-electron chi connectivity index (χ1n) is 8.91. The molecule has 0 aliphatic rings. The Morgan fingerprint density at radius 1 is 1.11 bits per heavy atom. The van der Waals surface area contributed by atoms with E-state index in [9.17, 15) is 4.79 Å². The highest BCUT2D eigenvalue weighted by atomic mass is 32.1. The molecule has 0 amide bonds. The molecular weight excluding hydrogens is 358 g/mol. The van der Waals surface area contributed by atoms with Crippen LogP contribution in [0, 0.1) is 6.92 Å². The van der Waals surface area contributed by atoms with Crippen molar-refractivity contribution in [2.24, 2.45) is 0 Å². The van der Waals surface area contributed by atoms with Crippen molar-refractivity contribution in [1.82, 2.24) is 5.32 Å². The molecule has 1 aromatic heterocycles. The largest absolute Gasteiger partial charge is 0.488 e. The summed E-state index contributed by atoms with van der Waals surface area (Å²) in [5, 5.41) is 11.7. The Morgan fingerprint density at radius 3 is 2.56 bits per heavy atom. The highest BCUT2D eigenvalue weighted by Gasteiger charge is 2.08. The van der Waals surface area contributed by atoms with Crippen LogP contribution >= 0.6 is 11.3 Å². The molecule has 1 heterocycles. The Labute approximate surface area is 163 Å². The number of aliphatic carboxylic acids is 1. The van der Waals surface area contributed by atoms with Gasteiger partial charge in [0.05, 0.1) is 6.42 Å². The van der Waals surface area contributed by atoms with Gasteiger partial charge in [-0.25, -0.2) is 0 Å². The molecule has 0 fully saturated rings. The molecule has 3 aromatic rings. The molecular formula is C22H23NO3S. The van der Waals surface area contributed by atoms with Gasteiger partial charge in [0.25, 0.3) is 0 Å². The van der Waals surface area contributed by atoms with Crippen LogP contribution in [0.15, 0.2) is 60.7 Å². The lowest BCUT2D eigenvalue weighted by Crippen LogP contribution is -2.17. The average Bonchev–Trinajstić information content (AvgIpc) is 3.06. The number of carboxylic acids is 1. The minimum atomic E-state index is -0.787. The fourth-order valence-electron chi connectivity index (χ4n) is 2.81. The number of hydrogen-bond donors (Lipinski definition) is 2. The summed E-state index contributed by atoms with van der Waals surface area (Å²) < 4.78 is 5.92. The molecule has 0 bridgehead atoms. The number of nitrogens with one attached hydrogen (secondary N) is 1. The Bertz CT molecular complexity index is 872. The van der Waals surface area contributed by atoms with E-state index < -0.39 is 5.97 Å². The summed E-state index contributed by atoms with van der Waals surface area (Å²) in [5.74, 6) is 0.0436. The fraction of sp³-hybridized carbons (Fsp3) is 0.227. The SMILES string of the molecule is Cc1sc(COc2ccc(CNCCC(=O)O)cc2)cc1-c1ccccc1. The molecule has 5 heteroatoms. The first-order valence-corrected chi connectivity index (χ1v) is 9.72. The van der Waals surface area contributed by atoms with E-state index in [2.05, 4.69) is 42.6 Å². The van der Waals surface area contributed by atoms with Crippen LogP contribution in [0.1, 0.15) is 21.7 Å². The van der Waals surface area contributed by atoms with Crippen LogP contribution in [0.3, 0.4) is 0 Å². The maximum Gasteiger partial charge on any atom is 0.304 e. The molecule has 4 nitrogen and oxygen atoms in total. The van der Waals surface area contributed by atoms with Crippen LogP contribution in [0.4, 0.5) is 0 Å². The zero-order chi connectivity index (χ0) is 19.1. The molecule has 2 aromatic carbocycles. The quantitative estimate of drug-likeness (QED) is 0.519. The van der Waals surface area contributed by atoms with Gasteiger partial charge in [0, 0.05) is 22.8 Å². The highest BCUT2D eigenvalue weighted by Crippen LogP contribution is 2.31. The van der Waals surface area contributed by atoms with Crippen molar-refractivity contribution in [2.75, 3.05) is 6.54 Å². The van der Waals surface area contributed by atoms with Crippen LogP contribution in [0.25, 0.3) is 11.1 Å². The normalized spacial score (nSPS) is 10.7. The van der Waals surface area contributed by atoms with E-state index in [1.807, 2.05) is 30.3 Å². The monoisotopic (exact) mass is 381 g/mol. The van der Waals surface area contributed by atoms with Crippen LogP contribution in [0.2, 0.25) is 0 Å². The molecule has 27 heavy (non-hydrogen) atoms. The molecule has 0 aliphatic heterocycles. The van der Waals surface area contributed by atoms with Crippen molar-refractivity contribution in [2.45, 2.75) is 26.5 Å². The van der Waals surface area contributed by atoms with Gasteiger partial charge >= 0.3 is 5.97 Å². The molecule has 0 radical (unpaired) electrons. The van der Waals surface area contributed by atoms with E-state index in [1.165, 1.54) is 20.9 Å². The molecule has 140 valence electrons. The second-order valence-electron chi connectivity index (χ2n) is 6.30. The number of benzene rings is 2. The third-order valence-corrected chi connectivity index (χ3v) is 5.23. The van der Waals surface area contributed by atoms with Gasteiger partial charge in [0.15, 0.2) is 0 Å². The number of ether oxygens (including phenoxy) is 1. The molecule has 0 unspecified atom stereocenters.